The molecule has 0 spiro atoms. The van der Waals surface area contributed by atoms with Gasteiger partial charge in [-0.1, -0.05) is 0 Å². The lowest BCUT2D eigenvalue weighted by molar-refractivity contribution is 0.0662. The van der Waals surface area contributed by atoms with E-state index in [1.807, 2.05) is 10.9 Å². The Hall–Kier alpha value is -2.74. The highest BCUT2D eigenvalue weighted by molar-refractivity contribution is 6.01. The number of hydrogen-bond donors (Lipinski definition) is 1. The van der Waals surface area contributed by atoms with Crippen LogP contribution in [0.25, 0.3) is 16.9 Å². The molecule has 4 heterocycles. The first-order valence-electron chi connectivity index (χ1n) is 7.43. The standard InChI is InChI=1S/C15H15N5O3/c21-15(22)12-13(18-19-5-1-4-16-14(12)19)10-8-17-20(9-10)11-2-6-23-7-3-11/h1,4-5,8-9,11H,2-3,6-7H2,(H,21,22). The van der Waals surface area contributed by atoms with E-state index in [4.69, 9.17) is 4.74 Å². The molecular formula is C15H15N5O3. The Morgan fingerprint density at radius 1 is 1.35 bits per heavy atom. The van der Waals surface area contributed by atoms with Crippen LogP contribution in [0.2, 0.25) is 0 Å². The summed E-state index contributed by atoms with van der Waals surface area (Å²) >= 11 is 0. The van der Waals surface area contributed by atoms with E-state index in [1.165, 1.54) is 4.52 Å². The molecule has 3 aromatic heterocycles. The number of carboxylic acid groups (broad SMARTS) is 1. The molecule has 0 radical (unpaired) electrons. The van der Waals surface area contributed by atoms with E-state index < -0.39 is 5.97 Å². The van der Waals surface area contributed by atoms with E-state index in [9.17, 15) is 9.90 Å². The summed E-state index contributed by atoms with van der Waals surface area (Å²) in [6.45, 7) is 1.44. The Morgan fingerprint density at radius 2 is 2.17 bits per heavy atom. The third-order valence-electron chi connectivity index (χ3n) is 4.05. The van der Waals surface area contributed by atoms with Crippen molar-refractivity contribution in [3.8, 4) is 11.3 Å². The Bertz CT molecular complexity index is 863. The summed E-state index contributed by atoms with van der Waals surface area (Å²) < 4.78 is 8.71. The quantitative estimate of drug-likeness (QED) is 0.790. The predicted octanol–water partition coefficient (Wildman–Crippen LogP) is 1.64. The molecule has 1 aliphatic rings. The van der Waals surface area contributed by atoms with Gasteiger partial charge in [-0.2, -0.15) is 10.2 Å². The minimum absolute atomic E-state index is 0.0946. The molecule has 0 bridgehead atoms. The van der Waals surface area contributed by atoms with E-state index in [2.05, 4.69) is 15.2 Å². The largest absolute Gasteiger partial charge is 0.477 e. The molecule has 0 atom stereocenters. The number of fused-ring (bicyclic) bond motifs is 1. The molecule has 0 aromatic carbocycles. The number of hydrogen-bond acceptors (Lipinski definition) is 5. The normalized spacial score (nSPS) is 16.0. The lowest BCUT2D eigenvalue weighted by atomic mass is 10.1. The summed E-state index contributed by atoms with van der Waals surface area (Å²) in [5.74, 6) is -1.05. The maximum absolute atomic E-state index is 11.6. The van der Waals surface area contributed by atoms with Crippen LogP contribution >= 0.6 is 0 Å². The zero-order valence-electron chi connectivity index (χ0n) is 12.3. The molecule has 23 heavy (non-hydrogen) atoms. The molecule has 1 fully saturated rings. The summed E-state index contributed by atoms with van der Waals surface area (Å²) in [4.78, 5) is 15.8. The van der Waals surface area contributed by atoms with Crippen molar-refractivity contribution in [2.45, 2.75) is 18.9 Å². The minimum Gasteiger partial charge on any atom is -0.477 e. The fraction of sp³-hybridized carbons (Fsp3) is 0.333. The maximum Gasteiger partial charge on any atom is 0.341 e. The van der Waals surface area contributed by atoms with Gasteiger partial charge in [0.2, 0.25) is 0 Å². The van der Waals surface area contributed by atoms with Crippen LogP contribution in [0, 0.1) is 0 Å². The monoisotopic (exact) mass is 313 g/mol. The van der Waals surface area contributed by atoms with Gasteiger partial charge in [0.15, 0.2) is 5.65 Å². The molecule has 8 heteroatoms. The molecule has 0 saturated carbocycles. The minimum atomic E-state index is -1.05. The van der Waals surface area contributed by atoms with E-state index in [-0.39, 0.29) is 11.6 Å². The topological polar surface area (TPSA) is 94.5 Å². The van der Waals surface area contributed by atoms with Crippen molar-refractivity contribution in [1.82, 2.24) is 24.4 Å². The fourth-order valence-corrected chi connectivity index (χ4v) is 2.90. The number of carboxylic acids is 1. The first-order chi connectivity index (χ1) is 11.2. The van der Waals surface area contributed by atoms with E-state index >= 15 is 0 Å². The number of rotatable bonds is 3. The van der Waals surface area contributed by atoms with Crippen molar-refractivity contribution in [3.05, 3.63) is 36.4 Å². The third kappa shape index (κ3) is 2.36. The molecule has 1 aliphatic heterocycles. The van der Waals surface area contributed by atoms with Crippen molar-refractivity contribution in [2.24, 2.45) is 0 Å². The van der Waals surface area contributed by atoms with Crippen LogP contribution in [0.1, 0.15) is 29.2 Å². The van der Waals surface area contributed by atoms with Crippen molar-refractivity contribution in [2.75, 3.05) is 13.2 Å². The summed E-state index contributed by atoms with van der Waals surface area (Å²) in [7, 11) is 0. The highest BCUT2D eigenvalue weighted by atomic mass is 16.5. The highest BCUT2D eigenvalue weighted by Crippen LogP contribution is 2.27. The first kappa shape index (κ1) is 13.9. The molecule has 1 saturated heterocycles. The van der Waals surface area contributed by atoms with Gasteiger partial charge in [-0.25, -0.2) is 14.3 Å². The molecule has 1 N–H and O–H groups in total. The molecule has 118 valence electrons. The van der Waals surface area contributed by atoms with Gasteiger partial charge >= 0.3 is 5.97 Å². The summed E-state index contributed by atoms with van der Waals surface area (Å²) in [6.07, 6.45) is 8.55. The number of aromatic carboxylic acids is 1. The molecule has 8 nitrogen and oxygen atoms in total. The number of ether oxygens (including phenoxy) is 1. The fourth-order valence-electron chi connectivity index (χ4n) is 2.90. The second kappa shape index (κ2) is 5.47. The van der Waals surface area contributed by atoms with Crippen molar-refractivity contribution in [1.29, 1.82) is 0 Å². The van der Waals surface area contributed by atoms with Crippen LogP contribution in [0.4, 0.5) is 0 Å². The maximum atomic E-state index is 11.6. The zero-order chi connectivity index (χ0) is 15.8. The predicted molar refractivity (Wildman–Crippen MR) is 80.3 cm³/mol. The van der Waals surface area contributed by atoms with Crippen LogP contribution in [-0.2, 0) is 4.74 Å². The van der Waals surface area contributed by atoms with Crippen molar-refractivity contribution in [3.63, 3.8) is 0 Å². The average Bonchev–Trinajstić information content (AvgIpc) is 3.20. The number of nitrogens with zero attached hydrogens (tertiary/aromatic N) is 5. The van der Waals surface area contributed by atoms with Crippen molar-refractivity contribution >= 4 is 11.6 Å². The molecule has 0 amide bonds. The Morgan fingerprint density at radius 3 is 2.96 bits per heavy atom. The average molecular weight is 313 g/mol. The summed E-state index contributed by atoms with van der Waals surface area (Å²) in [6, 6.07) is 1.99. The van der Waals surface area contributed by atoms with Crippen LogP contribution in [-0.4, -0.2) is 48.7 Å². The second-order valence-electron chi connectivity index (χ2n) is 5.47. The van der Waals surface area contributed by atoms with Crippen LogP contribution in [0.5, 0.6) is 0 Å². The van der Waals surface area contributed by atoms with Gasteiger partial charge in [0.1, 0.15) is 11.3 Å². The number of carbonyl (C=O) groups is 1. The van der Waals surface area contributed by atoms with Gasteiger partial charge in [0.05, 0.1) is 12.2 Å². The smallest absolute Gasteiger partial charge is 0.341 e. The Balaban J connectivity index is 1.78. The SMILES string of the molecule is O=C(O)c1c(-c2cnn(C3CCOCC3)c2)nn2cccnc12. The van der Waals surface area contributed by atoms with E-state index in [0.29, 0.717) is 16.9 Å². The summed E-state index contributed by atoms with van der Waals surface area (Å²) in [5, 5.41) is 18.3. The van der Waals surface area contributed by atoms with Crippen molar-refractivity contribution < 1.29 is 14.6 Å². The number of aromatic nitrogens is 5. The molecular weight excluding hydrogens is 298 g/mol. The van der Waals surface area contributed by atoms with E-state index in [1.54, 1.807) is 24.7 Å². The highest BCUT2D eigenvalue weighted by Gasteiger charge is 2.23. The second-order valence-corrected chi connectivity index (χ2v) is 5.47. The van der Waals surface area contributed by atoms with Crippen LogP contribution in [0.15, 0.2) is 30.9 Å². The Kier molecular flexibility index (Phi) is 3.30. The summed E-state index contributed by atoms with van der Waals surface area (Å²) in [5.41, 5.74) is 1.49. The van der Waals surface area contributed by atoms with Crippen LogP contribution < -0.4 is 0 Å². The van der Waals surface area contributed by atoms with Gasteiger partial charge in [0.25, 0.3) is 0 Å². The molecule has 0 aliphatic carbocycles. The van der Waals surface area contributed by atoms with Gasteiger partial charge in [0, 0.05) is 37.4 Å². The lowest BCUT2D eigenvalue weighted by Crippen LogP contribution is -2.19. The van der Waals surface area contributed by atoms with Gasteiger partial charge < -0.3 is 9.84 Å². The molecule has 0 unspecified atom stereocenters. The van der Waals surface area contributed by atoms with Gasteiger partial charge in [-0.15, -0.1) is 0 Å². The zero-order valence-corrected chi connectivity index (χ0v) is 12.3. The third-order valence-corrected chi connectivity index (χ3v) is 4.05. The van der Waals surface area contributed by atoms with Gasteiger partial charge in [-0.3, -0.25) is 4.68 Å². The van der Waals surface area contributed by atoms with Crippen LogP contribution in [0.3, 0.4) is 0 Å². The Labute approximate surface area is 131 Å². The van der Waals surface area contributed by atoms with Gasteiger partial charge in [-0.05, 0) is 18.9 Å². The molecule has 4 rings (SSSR count). The first-order valence-corrected chi connectivity index (χ1v) is 7.43. The lowest BCUT2D eigenvalue weighted by Gasteiger charge is -2.22. The van der Waals surface area contributed by atoms with E-state index in [0.717, 1.165) is 26.1 Å². The molecule has 3 aromatic rings.